The maximum atomic E-state index is 2.40. The lowest BCUT2D eigenvalue weighted by atomic mass is 10.0. The van der Waals surface area contributed by atoms with Crippen LogP contribution in [-0.4, -0.2) is 12.3 Å². The molecule has 0 amide bonds. The van der Waals surface area contributed by atoms with Crippen LogP contribution in [0.25, 0.3) is 0 Å². The number of benzene rings is 4. The zero-order chi connectivity index (χ0) is 24.2. The number of hydrogen-bond acceptors (Lipinski definition) is 0. The first-order valence-electron chi connectivity index (χ1n) is 13.6. The van der Waals surface area contributed by atoms with Gasteiger partial charge in [-0.3, -0.25) is 0 Å². The van der Waals surface area contributed by atoms with Gasteiger partial charge in [-0.2, -0.15) is 0 Å². The zero-order valence-electron chi connectivity index (χ0n) is 21.0. The second kappa shape index (κ2) is 11.4. The van der Waals surface area contributed by atoms with Crippen molar-refractivity contribution in [3.63, 3.8) is 0 Å². The Bertz CT molecular complexity index is 1020. The SMILES string of the molecule is c1ccc([C@@H]2CC[C@@H](c3ccccc3)P2CCP2[C@H](c3ccccc3)CC[C@H]2c2ccccc2)cc1. The molecule has 0 aliphatic carbocycles. The molecule has 0 bridgehead atoms. The van der Waals surface area contributed by atoms with Gasteiger partial charge in [-0.05, 0) is 60.3 Å². The summed E-state index contributed by atoms with van der Waals surface area (Å²) >= 11 is 0. The van der Waals surface area contributed by atoms with Crippen LogP contribution in [0.5, 0.6) is 0 Å². The average molecular weight is 507 g/mol. The molecule has 2 fully saturated rings. The van der Waals surface area contributed by atoms with E-state index < -0.39 is 0 Å². The van der Waals surface area contributed by atoms with Gasteiger partial charge in [0.2, 0.25) is 0 Å². The van der Waals surface area contributed by atoms with Crippen molar-refractivity contribution in [2.75, 3.05) is 12.3 Å². The molecule has 2 saturated heterocycles. The van der Waals surface area contributed by atoms with E-state index in [0.717, 1.165) is 22.6 Å². The standard InChI is InChI=1S/C34H36P2/c1-5-13-27(14-6-1)31-21-22-32(28-15-7-2-8-16-28)35(31)25-26-36-33(29-17-9-3-10-18-29)23-24-34(36)30-19-11-4-12-20-30/h1-20,31-34H,21-26H2/t31-,32-,33-,34-/m0/s1. The summed E-state index contributed by atoms with van der Waals surface area (Å²) in [6.45, 7) is 0. The molecule has 0 nitrogen and oxygen atoms in total. The third-order valence-corrected chi connectivity index (χ3v) is 15.6. The van der Waals surface area contributed by atoms with Gasteiger partial charge in [-0.25, -0.2) is 0 Å². The van der Waals surface area contributed by atoms with E-state index >= 15 is 0 Å². The van der Waals surface area contributed by atoms with Crippen molar-refractivity contribution in [1.29, 1.82) is 0 Å². The van der Waals surface area contributed by atoms with Crippen molar-refractivity contribution in [3.8, 4) is 0 Å². The molecule has 2 heterocycles. The van der Waals surface area contributed by atoms with Crippen molar-refractivity contribution in [2.45, 2.75) is 48.3 Å². The van der Waals surface area contributed by atoms with Crippen molar-refractivity contribution in [3.05, 3.63) is 144 Å². The maximum absolute atomic E-state index is 2.40. The Hall–Kier alpha value is -2.26. The van der Waals surface area contributed by atoms with Gasteiger partial charge in [0.15, 0.2) is 0 Å². The molecular formula is C34H36P2. The normalized spacial score (nSPS) is 24.8. The van der Waals surface area contributed by atoms with E-state index in [1.165, 1.54) is 38.0 Å². The maximum Gasteiger partial charge on any atom is 0.00477 e. The van der Waals surface area contributed by atoms with Gasteiger partial charge in [0.05, 0.1) is 0 Å². The fourth-order valence-corrected chi connectivity index (χ4v) is 14.8. The molecule has 2 aliphatic rings. The zero-order valence-corrected chi connectivity index (χ0v) is 22.8. The van der Waals surface area contributed by atoms with Gasteiger partial charge >= 0.3 is 0 Å². The molecule has 0 radical (unpaired) electrons. The smallest absolute Gasteiger partial charge is 0.00477 e. The minimum atomic E-state index is -0.100. The molecule has 2 heteroatoms. The van der Waals surface area contributed by atoms with E-state index in [4.69, 9.17) is 0 Å². The fourth-order valence-electron chi connectivity index (χ4n) is 6.72. The summed E-state index contributed by atoms with van der Waals surface area (Å²) in [5, 5.41) is 0. The van der Waals surface area contributed by atoms with Crippen LogP contribution in [-0.2, 0) is 0 Å². The van der Waals surface area contributed by atoms with E-state index in [1.807, 2.05) is 0 Å². The van der Waals surface area contributed by atoms with E-state index in [1.54, 1.807) is 22.3 Å². The largest absolute Gasteiger partial charge is 0.0910 e. The fraction of sp³-hybridized carbons (Fsp3) is 0.294. The molecule has 0 spiro atoms. The number of hydrogen-bond donors (Lipinski definition) is 0. The molecule has 0 N–H and O–H groups in total. The lowest BCUT2D eigenvalue weighted by Gasteiger charge is -2.32. The van der Waals surface area contributed by atoms with Crippen molar-refractivity contribution >= 4 is 15.8 Å². The molecule has 182 valence electrons. The van der Waals surface area contributed by atoms with Crippen LogP contribution >= 0.6 is 15.8 Å². The second-order valence-electron chi connectivity index (χ2n) is 10.3. The van der Waals surface area contributed by atoms with Gasteiger partial charge in [0.1, 0.15) is 0 Å². The average Bonchev–Trinajstić information content (AvgIpc) is 3.58. The Morgan fingerprint density at radius 1 is 0.361 bits per heavy atom. The van der Waals surface area contributed by atoms with E-state index in [9.17, 15) is 0 Å². The summed E-state index contributed by atoms with van der Waals surface area (Å²) in [6.07, 6.45) is 8.20. The molecule has 2 aliphatic heterocycles. The molecule has 0 aromatic heterocycles. The molecule has 36 heavy (non-hydrogen) atoms. The van der Waals surface area contributed by atoms with E-state index in [2.05, 4.69) is 121 Å². The Morgan fingerprint density at radius 3 is 0.806 bits per heavy atom. The van der Waals surface area contributed by atoms with Crippen LogP contribution in [0.4, 0.5) is 0 Å². The van der Waals surface area contributed by atoms with Gasteiger partial charge in [0.25, 0.3) is 0 Å². The van der Waals surface area contributed by atoms with Crippen molar-refractivity contribution in [2.24, 2.45) is 0 Å². The Labute approximate surface area is 219 Å². The first-order valence-corrected chi connectivity index (χ1v) is 16.9. The summed E-state index contributed by atoms with van der Waals surface area (Å²) in [7, 11) is -0.201. The predicted molar refractivity (Wildman–Crippen MR) is 159 cm³/mol. The highest BCUT2D eigenvalue weighted by atomic mass is 31.1. The van der Waals surface area contributed by atoms with E-state index in [-0.39, 0.29) is 15.8 Å². The van der Waals surface area contributed by atoms with Gasteiger partial charge in [-0.1, -0.05) is 137 Å². The quantitative estimate of drug-likeness (QED) is 0.219. The third kappa shape index (κ3) is 5.09. The molecule has 4 atom stereocenters. The van der Waals surface area contributed by atoms with Crippen LogP contribution in [0.2, 0.25) is 0 Å². The third-order valence-electron chi connectivity index (χ3n) is 8.38. The highest BCUT2D eigenvalue weighted by Gasteiger charge is 2.41. The molecule has 6 rings (SSSR count). The second-order valence-corrected chi connectivity index (χ2v) is 15.8. The minimum Gasteiger partial charge on any atom is -0.0910 e. The summed E-state index contributed by atoms with van der Waals surface area (Å²) in [4.78, 5) is 0. The van der Waals surface area contributed by atoms with Crippen LogP contribution in [0.15, 0.2) is 121 Å². The topological polar surface area (TPSA) is 0 Å². The molecular weight excluding hydrogens is 470 g/mol. The van der Waals surface area contributed by atoms with E-state index in [0.29, 0.717) is 0 Å². The summed E-state index contributed by atoms with van der Waals surface area (Å²) in [6, 6.07) is 45.8. The molecule has 0 unspecified atom stereocenters. The highest BCUT2D eigenvalue weighted by Crippen LogP contribution is 2.75. The molecule has 4 aromatic rings. The first kappa shape index (κ1) is 24.1. The lowest BCUT2D eigenvalue weighted by molar-refractivity contribution is 0.765. The minimum absolute atomic E-state index is 0.100. The Balaban J connectivity index is 1.30. The first-order chi connectivity index (χ1) is 17.9. The monoisotopic (exact) mass is 506 g/mol. The Morgan fingerprint density at radius 2 is 0.583 bits per heavy atom. The van der Waals surface area contributed by atoms with Crippen LogP contribution in [0, 0.1) is 0 Å². The van der Waals surface area contributed by atoms with Crippen LogP contribution in [0.1, 0.15) is 70.6 Å². The molecule has 0 saturated carbocycles. The Kier molecular flexibility index (Phi) is 7.65. The van der Waals surface area contributed by atoms with Gasteiger partial charge in [-0.15, -0.1) is 0 Å². The summed E-state index contributed by atoms with van der Waals surface area (Å²) < 4.78 is 0. The van der Waals surface area contributed by atoms with Crippen molar-refractivity contribution in [1.82, 2.24) is 0 Å². The number of rotatable bonds is 7. The summed E-state index contributed by atoms with van der Waals surface area (Å²) in [5.41, 5.74) is 9.31. The lowest BCUT2D eigenvalue weighted by Crippen LogP contribution is -2.05. The molecule has 4 aromatic carbocycles. The van der Waals surface area contributed by atoms with Gasteiger partial charge < -0.3 is 0 Å². The predicted octanol–water partition coefficient (Wildman–Crippen LogP) is 10.5. The summed E-state index contributed by atoms with van der Waals surface area (Å²) in [5.74, 6) is 0. The van der Waals surface area contributed by atoms with Gasteiger partial charge in [0, 0.05) is 22.6 Å². The van der Waals surface area contributed by atoms with Crippen LogP contribution < -0.4 is 0 Å². The van der Waals surface area contributed by atoms with Crippen molar-refractivity contribution < 1.29 is 0 Å². The highest BCUT2D eigenvalue weighted by molar-refractivity contribution is 7.62. The van der Waals surface area contributed by atoms with Crippen LogP contribution in [0.3, 0.4) is 0 Å².